The third kappa shape index (κ3) is 4.30. The number of nitrogens with zero attached hydrogens (tertiary/aromatic N) is 3. The quantitative estimate of drug-likeness (QED) is 0.899. The first-order valence-corrected chi connectivity index (χ1v) is 8.83. The molecule has 120 valence electrons. The van der Waals surface area contributed by atoms with Crippen molar-refractivity contribution in [3.8, 4) is 0 Å². The summed E-state index contributed by atoms with van der Waals surface area (Å²) in [7, 11) is 2.04. The van der Waals surface area contributed by atoms with Crippen LogP contribution in [0.2, 0.25) is 0 Å². The van der Waals surface area contributed by atoms with Gasteiger partial charge in [-0.25, -0.2) is 0 Å². The Balaban J connectivity index is 2.11. The van der Waals surface area contributed by atoms with E-state index in [1.54, 1.807) is 0 Å². The van der Waals surface area contributed by atoms with Crippen LogP contribution in [0, 0.1) is 12.8 Å². The Labute approximate surface area is 137 Å². The molecule has 1 aliphatic heterocycles. The maximum absolute atomic E-state index is 4.52. The molecule has 0 aromatic carbocycles. The smallest absolute Gasteiger partial charge is 0.0739 e. The molecule has 1 aromatic heterocycles. The Morgan fingerprint density at radius 2 is 2.14 bits per heavy atom. The molecule has 4 nitrogen and oxygen atoms in total. The second kappa shape index (κ2) is 7.25. The van der Waals surface area contributed by atoms with Crippen molar-refractivity contribution in [3.63, 3.8) is 0 Å². The van der Waals surface area contributed by atoms with Gasteiger partial charge in [0.2, 0.25) is 0 Å². The summed E-state index contributed by atoms with van der Waals surface area (Å²) >= 11 is 3.70. The zero-order valence-electron chi connectivity index (χ0n) is 14.0. The van der Waals surface area contributed by atoms with E-state index in [1.165, 1.54) is 18.5 Å². The van der Waals surface area contributed by atoms with Gasteiger partial charge in [0.1, 0.15) is 0 Å². The van der Waals surface area contributed by atoms with Crippen molar-refractivity contribution in [1.29, 1.82) is 0 Å². The zero-order chi connectivity index (χ0) is 15.6. The lowest BCUT2D eigenvalue weighted by atomic mass is 10.0. The molecule has 1 aliphatic rings. The van der Waals surface area contributed by atoms with Crippen molar-refractivity contribution >= 4 is 15.9 Å². The van der Waals surface area contributed by atoms with Crippen molar-refractivity contribution in [2.24, 2.45) is 13.0 Å². The molecule has 2 atom stereocenters. The van der Waals surface area contributed by atoms with Gasteiger partial charge in [-0.2, -0.15) is 5.10 Å². The van der Waals surface area contributed by atoms with Crippen LogP contribution in [0.25, 0.3) is 0 Å². The van der Waals surface area contributed by atoms with E-state index < -0.39 is 0 Å². The minimum absolute atomic E-state index is 0.600. The Kier molecular flexibility index (Phi) is 5.86. The lowest BCUT2D eigenvalue weighted by Gasteiger charge is -2.29. The Morgan fingerprint density at radius 3 is 2.71 bits per heavy atom. The highest BCUT2D eigenvalue weighted by atomic mass is 79.9. The second-order valence-corrected chi connectivity index (χ2v) is 7.61. The molecule has 5 heteroatoms. The molecule has 1 N–H and O–H groups in total. The van der Waals surface area contributed by atoms with Gasteiger partial charge in [-0.3, -0.25) is 9.58 Å². The van der Waals surface area contributed by atoms with Crippen LogP contribution < -0.4 is 5.32 Å². The minimum atomic E-state index is 0.600. The average Bonchev–Trinajstić information content (AvgIpc) is 2.55. The molecular weight excluding hydrogens is 328 g/mol. The molecule has 1 fully saturated rings. The van der Waals surface area contributed by atoms with E-state index in [0.717, 1.165) is 35.7 Å². The predicted molar refractivity (Wildman–Crippen MR) is 91.4 cm³/mol. The number of hydrogen-bond donors (Lipinski definition) is 1. The number of aryl methyl sites for hydroxylation is 2. The largest absolute Gasteiger partial charge is 0.313 e. The molecule has 2 unspecified atom stereocenters. The fraction of sp³-hybridized carbons (Fsp3) is 0.812. The van der Waals surface area contributed by atoms with Crippen LogP contribution in [0.3, 0.4) is 0 Å². The first-order valence-electron chi connectivity index (χ1n) is 8.03. The molecule has 2 rings (SSSR count). The molecule has 0 radical (unpaired) electrons. The van der Waals surface area contributed by atoms with Crippen LogP contribution in [0.1, 0.15) is 45.0 Å². The summed E-state index contributed by atoms with van der Waals surface area (Å²) < 4.78 is 3.18. The van der Waals surface area contributed by atoms with Gasteiger partial charge >= 0.3 is 0 Å². The third-order valence-corrected chi connectivity index (χ3v) is 5.48. The number of aromatic nitrogens is 2. The van der Waals surface area contributed by atoms with E-state index in [0.29, 0.717) is 12.1 Å². The van der Waals surface area contributed by atoms with Gasteiger partial charge in [0, 0.05) is 32.2 Å². The maximum atomic E-state index is 4.52. The zero-order valence-corrected chi connectivity index (χ0v) is 15.6. The van der Waals surface area contributed by atoms with E-state index in [1.807, 2.05) is 11.7 Å². The van der Waals surface area contributed by atoms with Crippen molar-refractivity contribution in [2.75, 3.05) is 13.1 Å². The third-order valence-electron chi connectivity index (χ3n) is 4.44. The van der Waals surface area contributed by atoms with Gasteiger partial charge in [0.15, 0.2) is 0 Å². The van der Waals surface area contributed by atoms with E-state index >= 15 is 0 Å². The monoisotopic (exact) mass is 356 g/mol. The van der Waals surface area contributed by atoms with E-state index in [2.05, 4.69) is 58.9 Å². The van der Waals surface area contributed by atoms with Gasteiger partial charge in [-0.05, 0) is 55.1 Å². The van der Waals surface area contributed by atoms with E-state index in [-0.39, 0.29) is 0 Å². The summed E-state index contributed by atoms with van der Waals surface area (Å²) in [6.07, 6.45) is 2.46. The Morgan fingerprint density at radius 1 is 1.43 bits per heavy atom. The molecule has 0 aliphatic carbocycles. The van der Waals surface area contributed by atoms with Crippen LogP contribution in [-0.2, 0) is 13.6 Å². The van der Waals surface area contributed by atoms with Crippen LogP contribution >= 0.6 is 15.9 Å². The first kappa shape index (κ1) is 17.0. The molecule has 0 amide bonds. The van der Waals surface area contributed by atoms with Gasteiger partial charge < -0.3 is 5.32 Å². The molecule has 0 spiro atoms. The molecule has 0 saturated carbocycles. The van der Waals surface area contributed by atoms with Gasteiger partial charge in [0.05, 0.1) is 15.9 Å². The summed E-state index contributed by atoms with van der Waals surface area (Å²) in [5.41, 5.74) is 2.36. The normalized spacial score (nSPS) is 24.5. The maximum Gasteiger partial charge on any atom is 0.0739 e. The van der Waals surface area contributed by atoms with Gasteiger partial charge in [-0.1, -0.05) is 13.8 Å². The summed E-state index contributed by atoms with van der Waals surface area (Å²) in [6, 6.07) is 1.21. The van der Waals surface area contributed by atoms with E-state index in [9.17, 15) is 0 Å². The first-order chi connectivity index (χ1) is 9.88. The Bertz CT molecular complexity index is 469. The number of nitrogens with one attached hydrogen (secondary N) is 1. The SMILES string of the molecule is Cc1nn(C)c(CN2CC(CC(C)C)NCCC2C)c1Br. The summed E-state index contributed by atoms with van der Waals surface area (Å²) in [5.74, 6) is 0.739. The van der Waals surface area contributed by atoms with Crippen LogP contribution in [0.4, 0.5) is 0 Å². The molecule has 1 saturated heterocycles. The minimum Gasteiger partial charge on any atom is -0.313 e. The summed E-state index contributed by atoms with van der Waals surface area (Å²) in [4.78, 5) is 2.61. The number of rotatable bonds is 4. The summed E-state index contributed by atoms with van der Waals surface area (Å²) in [6.45, 7) is 12.2. The molecular formula is C16H29BrN4. The lowest BCUT2D eigenvalue weighted by molar-refractivity contribution is 0.185. The highest BCUT2D eigenvalue weighted by Gasteiger charge is 2.25. The van der Waals surface area contributed by atoms with Crippen molar-refractivity contribution in [1.82, 2.24) is 20.0 Å². The van der Waals surface area contributed by atoms with E-state index in [4.69, 9.17) is 0 Å². The highest BCUT2D eigenvalue weighted by molar-refractivity contribution is 9.10. The highest BCUT2D eigenvalue weighted by Crippen LogP contribution is 2.24. The molecule has 2 heterocycles. The molecule has 1 aromatic rings. The standard InChI is InChI=1S/C16H29BrN4/c1-11(2)8-14-9-21(12(3)6-7-18-14)10-15-16(17)13(4)19-20(15)5/h11-12,14,18H,6-10H2,1-5H3. The predicted octanol–water partition coefficient (Wildman–Crippen LogP) is 3.09. The van der Waals surface area contributed by atoms with Crippen LogP contribution in [-0.4, -0.2) is 39.9 Å². The lowest BCUT2D eigenvalue weighted by Crippen LogP contribution is -2.40. The fourth-order valence-corrected chi connectivity index (χ4v) is 3.66. The fourth-order valence-electron chi connectivity index (χ4n) is 3.20. The topological polar surface area (TPSA) is 33.1 Å². The second-order valence-electron chi connectivity index (χ2n) is 6.82. The molecule has 0 bridgehead atoms. The summed E-state index contributed by atoms with van der Waals surface area (Å²) in [5, 5.41) is 8.24. The van der Waals surface area contributed by atoms with Crippen molar-refractivity contribution in [2.45, 2.75) is 59.2 Å². The average molecular weight is 357 g/mol. The van der Waals surface area contributed by atoms with Crippen molar-refractivity contribution < 1.29 is 0 Å². The number of hydrogen-bond acceptors (Lipinski definition) is 3. The molecule has 21 heavy (non-hydrogen) atoms. The van der Waals surface area contributed by atoms with Gasteiger partial charge in [0.25, 0.3) is 0 Å². The van der Waals surface area contributed by atoms with Crippen LogP contribution in [0.5, 0.6) is 0 Å². The van der Waals surface area contributed by atoms with Crippen molar-refractivity contribution in [3.05, 3.63) is 15.9 Å². The number of halogens is 1. The van der Waals surface area contributed by atoms with Gasteiger partial charge in [-0.15, -0.1) is 0 Å². The van der Waals surface area contributed by atoms with Crippen LogP contribution in [0.15, 0.2) is 4.47 Å². The Hall–Kier alpha value is -0.390.